The van der Waals surface area contributed by atoms with Crippen molar-refractivity contribution in [3.8, 4) is 0 Å². The van der Waals surface area contributed by atoms with Crippen molar-refractivity contribution in [2.45, 2.75) is 57.2 Å². The predicted octanol–water partition coefficient (Wildman–Crippen LogP) is 5.69. The van der Waals surface area contributed by atoms with Crippen molar-refractivity contribution in [2.75, 3.05) is 0 Å². The molecule has 154 valence electrons. The Morgan fingerprint density at radius 3 is 1.61 bits per heavy atom. The van der Waals surface area contributed by atoms with E-state index in [2.05, 4.69) is 20.8 Å². The fourth-order valence-electron chi connectivity index (χ4n) is 3.18. The van der Waals surface area contributed by atoms with Crippen LogP contribution in [0, 0.1) is 5.92 Å². The normalized spacial score (nSPS) is 15.4. The SMILES string of the molecule is CC(C(c1ccccc1)c1ccccc1)C(O[Si](C)(C)C(C)(C)C)S(=O)(=O)O. The number of benzene rings is 2. The number of hydrogen-bond donors (Lipinski definition) is 1. The highest BCUT2D eigenvalue weighted by atomic mass is 32.2. The van der Waals surface area contributed by atoms with E-state index < -0.39 is 29.8 Å². The molecule has 0 amide bonds. The van der Waals surface area contributed by atoms with Gasteiger partial charge in [-0.1, -0.05) is 88.4 Å². The highest BCUT2D eigenvalue weighted by Crippen LogP contribution is 2.42. The van der Waals surface area contributed by atoms with E-state index in [0.29, 0.717) is 0 Å². The molecule has 4 nitrogen and oxygen atoms in total. The van der Waals surface area contributed by atoms with Crippen LogP contribution in [0.3, 0.4) is 0 Å². The predicted molar refractivity (Wildman–Crippen MR) is 118 cm³/mol. The third-order valence-electron chi connectivity index (χ3n) is 5.78. The fraction of sp³-hybridized carbons (Fsp3) is 0.455. The molecule has 2 atom stereocenters. The molecule has 0 aliphatic heterocycles. The van der Waals surface area contributed by atoms with Crippen molar-refractivity contribution >= 4 is 18.4 Å². The Morgan fingerprint density at radius 2 is 1.29 bits per heavy atom. The lowest BCUT2D eigenvalue weighted by atomic mass is 9.82. The summed E-state index contributed by atoms with van der Waals surface area (Å²) in [5.41, 5.74) is 0.696. The Balaban J connectivity index is 2.54. The first-order chi connectivity index (χ1) is 12.8. The van der Waals surface area contributed by atoms with E-state index in [4.69, 9.17) is 4.43 Å². The zero-order valence-corrected chi connectivity index (χ0v) is 19.4. The van der Waals surface area contributed by atoms with Gasteiger partial charge in [-0.05, 0) is 29.3 Å². The first-order valence-electron chi connectivity index (χ1n) is 9.58. The van der Waals surface area contributed by atoms with Crippen molar-refractivity contribution in [1.29, 1.82) is 0 Å². The molecule has 0 saturated carbocycles. The minimum absolute atomic E-state index is 0.176. The summed E-state index contributed by atoms with van der Waals surface area (Å²) in [6, 6.07) is 19.6. The fourth-order valence-corrected chi connectivity index (χ4v) is 6.24. The van der Waals surface area contributed by atoms with Gasteiger partial charge in [0.1, 0.15) is 0 Å². The maximum Gasteiger partial charge on any atom is 0.291 e. The molecule has 28 heavy (non-hydrogen) atoms. The highest BCUT2D eigenvalue weighted by molar-refractivity contribution is 7.86. The Labute approximate surface area is 170 Å². The van der Waals surface area contributed by atoms with Crippen LogP contribution in [0.2, 0.25) is 18.1 Å². The quantitative estimate of drug-likeness (QED) is 0.461. The van der Waals surface area contributed by atoms with Gasteiger partial charge in [0, 0.05) is 11.8 Å². The molecule has 0 aliphatic carbocycles. The minimum Gasteiger partial charge on any atom is -0.399 e. The Bertz CT molecular complexity index is 819. The number of rotatable bonds is 7. The third-order valence-corrected chi connectivity index (χ3v) is 11.5. The first kappa shape index (κ1) is 22.8. The molecular weight excluding hydrogens is 388 g/mol. The van der Waals surface area contributed by atoms with Gasteiger partial charge >= 0.3 is 0 Å². The van der Waals surface area contributed by atoms with Crippen LogP contribution in [0.15, 0.2) is 60.7 Å². The van der Waals surface area contributed by atoms with Crippen molar-refractivity contribution < 1.29 is 17.4 Å². The lowest BCUT2D eigenvalue weighted by Crippen LogP contribution is -2.48. The molecule has 0 heterocycles. The average Bonchev–Trinajstić information content (AvgIpc) is 2.60. The van der Waals surface area contributed by atoms with Gasteiger partial charge in [-0.15, -0.1) is 0 Å². The molecule has 0 fully saturated rings. The zero-order chi connectivity index (χ0) is 21.2. The summed E-state index contributed by atoms with van der Waals surface area (Å²) in [5.74, 6) is -0.701. The summed E-state index contributed by atoms with van der Waals surface area (Å²) in [4.78, 5) is 0. The topological polar surface area (TPSA) is 63.6 Å². The summed E-state index contributed by atoms with van der Waals surface area (Å²) in [7, 11) is -6.83. The standard InChI is InChI=1S/C22H32O4SSi/c1-17(21(27(23,24)25)26-28(5,6)22(2,3)4)20(18-13-9-7-10-14-18)19-15-11-8-12-16-19/h7-17,20-21H,1-6H3,(H,23,24,25). The van der Waals surface area contributed by atoms with Crippen LogP contribution < -0.4 is 0 Å². The molecule has 2 aromatic rings. The first-order valence-corrected chi connectivity index (χ1v) is 14.0. The third kappa shape index (κ3) is 5.32. The van der Waals surface area contributed by atoms with Crippen molar-refractivity contribution in [1.82, 2.24) is 0 Å². The van der Waals surface area contributed by atoms with Crippen LogP contribution in [0.4, 0.5) is 0 Å². The second-order valence-corrected chi connectivity index (χ2v) is 15.2. The smallest absolute Gasteiger partial charge is 0.291 e. The van der Waals surface area contributed by atoms with E-state index >= 15 is 0 Å². The second-order valence-electron chi connectivity index (χ2n) is 8.92. The number of hydrogen-bond acceptors (Lipinski definition) is 3. The lowest BCUT2D eigenvalue weighted by Gasteiger charge is -2.41. The molecular formula is C22H32O4SSi. The highest BCUT2D eigenvalue weighted by Gasteiger charge is 2.45. The van der Waals surface area contributed by atoms with Gasteiger partial charge in [0.05, 0.1) is 0 Å². The van der Waals surface area contributed by atoms with Crippen LogP contribution in [-0.4, -0.2) is 26.7 Å². The van der Waals surface area contributed by atoms with E-state index in [9.17, 15) is 13.0 Å². The minimum atomic E-state index is -4.41. The Hall–Kier alpha value is -1.47. The molecule has 2 aromatic carbocycles. The monoisotopic (exact) mass is 420 g/mol. The zero-order valence-electron chi connectivity index (χ0n) is 17.6. The van der Waals surface area contributed by atoms with E-state index in [0.717, 1.165) is 11.1 Å². The van der Waals surface area contributed by atoms with Gasteiger partial charge in [-0.25, -0.2) is 0 Å². The van der Waals surface area contributed by atoms with Gasteiger partial charge in [-0.3, -0.25) is 4.55 Å². The van der Waals surface area contributed by atoms with Gasteiger partial charge < -0.3 is 4.43 Å². The summed E-state index contributed by atoms with van der Waals surface area (Å²) in [5, 5.41) is -0.176. The largest absolute Gasteiger partial charge is 0.399 e. The van der Waals surface area contributed by atoms with Gasteiger partial charge in [0.15, 0.2) is 13.8 Å². The van der Waals surface area contributed by atoms with Gasteiger partial charge in [0.25, 0.3) is 10.1 Å². The lowest BCUT2D eigenvalue weighted by molar-refractivity contribution is 0.172. The van der Waals surface area contributed by atoms with E-state index in [1.807, 2.05) is 80.7 Å². The molecule has 0 aromatic heterocycles. The van der Waals surface area contributed by atoms with E-state index in [-0.39, 0.29) is 11.0 Å². The molecule has 1 N–H and O–H groups in total. The molecule has 6 heteroatoms. The summed E-state index contributed by atoms with van der Waals surface area (Å²) < 4.78 is 41.1. The van der Waals surface area contributed by atoms with E-state index in [1.54, 1.807) is 0 Å². The summed E-state index contributed by atoms with van der Waals surface area (Å²) in [6.07, 6.45) is 0. The van der Waals surface area contributed by atoms with Gasteiger partial charge in [0.2, 0.25) is 0 Å². The maximum atomic E-state index is 12.4. The van der Waals surface area contributed by atoms with Crippen LogP contribution in [-0.2, 0) is 14.5 Å². The Morgan fingerprint density at radius 1 is 0.893 bits per heavy atom. The molecule has 0 bridgehead atoms. The van der Waals surface area contributed by atoms with Crippen LogP contribution >= 0.6 is 0 Å². The van der Waals surface area contributed by atoms with Crippen LogP contribution in [0.1, 0.15) is 44.7 Å². The summed E-state index contributed by atoms with van der Waals surface area (Å²) >= 11 is 0. The van der Waals surface area contributed by atoms with Crippen LogP contribution in [0.25, 0.3) is 0 Å². The van der Waals surface area contributed by atoms with Crippen molar-refractivity contribution in [3.05, 3.63) is 71.8 Å². The molecule has 2 unspecified atom stereocenters. The molecule has 0 spiro atoms. The molecule has 0 aliphatic rings. The van der Waals surface area contributed by atoms with Crippen LogP contribution in [0.5, 0.6) is 0 Å². The van der Waals surface area contributed by atoms with E-state index in [1.165, 1.54) is 0 Å². The average molecular weight is 421 g/mol. The van der Waals surface area contributed by atoms with Crippen molar-refractivity contribution in [2.24, 2.45) is 5.92 Å². The molecule has 2 rings (SSSR count). The van der Waals surface area contributed by atoms with Crippen molar-refractivity contribution in [3.63, 3.8) is 0 Å². The second kappa shape index (κ2) is 8.49. The maximum absolute atomic E-state index is 12.4. The van der Waals surface area contributed by atoms with Gasteiger partial charge in [-0.2, -0.15) is 8.42 Å². The molecule has 0 radical (unpaired) electrons. The Kier molecular flexibility index (Phi) is 6.92. The summed E-state index contributed by atoms with van der Waals surface area (Å²) in [6.45, 7) is 12.0. The molecule has 0 saturated heterocycles.